The number of halogens is 1. The van der Waals surface area contributed by atoms with Crippen molar-refractivity contribution >= 4 is 23.4 Å². The van der Waals surface area contributed by atoms with Crippen molar-refractivity contribution < 1.29 is 9.84 Å². The van der Waals surface area contributed by atoms with Crippen LogP contribution in [0, 0.1) is 5.92 Å². The Kier molecular flexibility index (Phi) is 6.42. The third-order valence-corrected chi connectivity index (χ3v) is 5.67. The second kappa shape index (κ2) is 7.87. The first kappa shape index (κ1) is 17.1. The minimum absolute atomic E-state index is 0.354. The molecule has 1 aliphatic rings. The van der Waals surface area contributed by atoms with Gasteiger partial charge in [0.1, 0.15) is 0 Å². The van der Waals surface area contributed by atoms with Crippen molar-refractivity contribution in [1.29, 1.82) is 0 Å². The topological polar surface area (TPSA) is 29.5 Å². The van der Waals surface area contributed by atoms with Crippen molar-refractivity contribution in [3.63, 3.8) is 0 Å². The molecule has 0 aromatic heterocycles. The highest BCUT2D eigenvalue weighted by Crippen LogP contribution is 2.39. The molecule has 21 heavy (non-hydrogen) atoms. The van der Waals surface area contributed by atoms with Crippen molar-refractivity contribution in [2.45, 2.75) is 56.1 Å². The Hall–Kier alpha value is -0.220. The zero-order chi connectivity index (χ0) is 15.3. The van der Waals surface area contributed by atoms with Crippen LogP contribution in [0.1, 0.15) is 39.5 Å². The van der Waals surface area contributed by atoms with Crippen molar-refractivity contribution in [2.24, 2.45) is 5.92 Å². The van der Waals surface area contributed by atoms with Crippen LogP contribution in [0.5, 0.6) is 0 Å². The molecule has 0 heterocycles. The van der Waals surface area contributed by atoms with E-state index in [9.17, 15) is 5.11 Å². The van der Waals surface area contributed by atoms with Gasteiger partial charge in [-0.15, -0.1) is 11.8 Å². The molecule has 2 nitrogen and oxygen atoms in total. The molecule has 1 atom stereocenters. The Bertz CT molecular complexity index is 444. The number of benzene rings is 1. The molecule has 4 heteroatoms. The van der Waals surface area contributed by atoms with Gasteiger partial charge < -0.3 is 9.84 Å². The quantitative estimate of drug-likeness (QED) is 0.762. The lowest BCUT2D eigenvalue weighted by Crippen LogP contribution is -2.48. The normalized spacial score (nSPS) is 27.5. The highest BCUT2D eigenvalue weighted by Gasteiger charge is 2.41. The molecule has 0 spiro atoms. The fourth-order valence-electron chi connectivity index (χ4n) is 3.00. The summed E-state index contributed by atoms with van der Waals surface area (Å²) in [5.41, 5.74) is -0.354. The van der Waals surface area contributed by atoms with Crippen molar-refractivity contribution in [3.05, 3.63) is 29.3 Å². The zero-order valence-corrected chi connectivity index (χ0v) is 14.4. The molecule has 1 fully saturated rings. The minimum atomic E-state index is -0.436. The van der Waals surface area contributed by atoms with Crippen molar-refractivity contribution in [3.8, 4) is 0 Å². The summed E-state index contributed by atoms with van der Waals surface area (Å²) in [6.45, 7) is 4.95. The minimum Gasteiger partial charge on any atom is -0.389 e. The number of thioether (sulfide) groups is 1. The van der Waals surface area contributed by atoms with Gasteiger partial charge in [0.25, 0.3) is 0 Å². The first-order chi connectivity index (χ1) is 10.1. The molecule has 1 aliphatic carbocycles. The lowest BCUT2D eigenvalue weighted by atomic mass is 9.76. The summed E-state index contributed by atoms with van der Waals surface area (Å²) >= 11 is 7.65. The standard InChI is InChI=1S/C17H25ClO2S/c1-3-20-17(9-7-13(2)8-10-17)16(19)12-21-15-6-4-5-14(18)11-15/h4-6,11,13,16,19H,3,7-10,12H2,1-2H3. The molecule has 1 N–H and O–H groups in total. The summed E-state index contributed by atoms with van der Waals surface area (Å²) in [5.74, 6) is 1.39. The van der Waals surface area contributed by atoms with Crippen LogP contribution >= 0.6 is 23.4 Å². The molecular formula is C17H25ClO2S. The van der Waals surface area contributed by atoms with E-state index in [1.807, 2.05) is 31.2 Å². The van der Waals surface area contributed by atoms with E-state index < -0.39 is 6.10 Å². The maximum Gasteiger partial charge on any atom is 0.0948 e. The molecule has 1 saturated carbocycles. The Morgan fingerprint density at radius 2 is 2.14 bits per heavy atom. The highest BCUT2D eigenvalue weighted by molar-refractivity contribution is 7.99. The molecule has 0 aliphatic heterocycles. The number of aliphatic hydroxyl groups excluding tert-OH is 1. The Morgan fingerprint density at radius 1 is 1.43 bits per heavy atom. The summed E-state index contributed by atoms with van der Waals surface area (Å²) in [4.78, 5) is 1.09. The Morgan fingerprint density at radius 3 is 2.76 bits per heavy atom. The van der Waals surface area contributed by atoms with E-state index in [1.54, 1.807) is 11.8 Å². The maximum atomic E-state index is 10.7. The number of aliphatic hydroxyl groups is 1. The molecule has 1 aromatic carbocycles. The van der Waals surface area contributed by atoms with Gasteiger partial charge in [0.15, 0.2) is 0 Å². The van der Waals surface area contributed by atoms with E-state index in [0.717, 1.165) is 41.5 Å². The molecule has 1 unspecified atom stereocenters. The summed E-state index contributed by atoms with van der Waals surface area (Å²) < 4.78 is 6.00. The molecule has 0 amide bonds. The van der Waals surface area contributed by atoms with Crippen molar-refractivity contribution in [2.75, 3.05) is 12.4 Å². The van der Waals surface area contributed by atoms with E-state index in [2.05, 4.69) is 6.92 Å². The molecule has 1 aromatic rings. The molecule has 2 rings (SSSR count). The highest BCUT2D eigenvalue weighted by atomic mass is 35.5. The van der Waals surface area contributed by atoms with Crippen LogP contribution in [0.3, 0.4) is 0 Å². The summed E-state index contributed by atoms with van der Waals surface area (Å²) in [7, 11) is 0. The van der Waals surface area contributed by atoms with E-state index >= 15 is 0 Å². The molecular weight excluding hydrogens is 304 g/mol. The number of ether oxygens (including phenoxy) is 1. The lowest BCUT2D eigenvalue weighted by molar-refractivity contribution is -0.136. The Balaban J connectivity index is 1.97. The monoisotopic (exact) mass is 328 g/mol. The first-order valence-electron chi connectivity index (χ1n) is 7.76. The van der Waals surface area contributed by atoms with E-state index in [0.29, 0.717) is 12.4 Å². The van der Waals surface area contributed by atoms with Crippen LogP contribution in [-0.2, 0) is 4.74 Å². The number of rotatable bonds is 6. The smallest absolute Gasteiger partial charge is 0.0948 e. The zero-order valence-electron chi connectivity index (χ0n) is 12.8. The van der Waals surface area contributed by atoms with Gasteiger partial charge in [-0.2, -0.15) is 0 Å². The van der Waals surface area contributed by atoms with Gasteiger partial charge in [-0.1, -0.05) is 24.6 Å². The van der Waals surface area contributed by atoms with Gasteiger partial charge >= 0.3 is 0 Å². The van der Waals surface area contributed by atoms with Gasteiger partial charge in [0.2, 0.25) is 0 Å². The van der Waals surface area contributed by atoms with Crippen LogP contribution in [0.15, 0.2) is 29.2 Å². The fourth-order valence-corrected chi connectivity index (χ4v) is 4.29. The average molecular weight is 329 g/mol. The van der Waals surface area contributed by atoms with E-state index in [4.69, 9.17) is 16.3 Å². The van der Waals surface area contributed by atoms with E-state index in [1.165, 1.54) is 0 Å². The van der Waals surface area contributed by atoms with Crippen LogP contribution in [0.2, 0.25) is 5.02 Å². The van der Waals surface area contributed by atoms with Crippen LogP contribution in [-0.4, -0.2) is 29.2 Å². The van der Waals surface area contributed by atoms with Gasteiger partial charge in [0.05, 0.1) is 11.7 Å². The summed E-state index contributed by atoms with van der Waals surface area (Å²) in [6, 6.07) is 7.78. The lowest BCUT2D eigenvalue weighted by Gasteiger charge is -2.42. The third-order valence-electron chi connectivity index (χ3n) is 4.36. The predicted molar refractivity (Wildman–Crippen MR) is 90.2 cm³/mol. The van der Waals surface area contributed by atoms with Gasteiger partial charge in [-0.05, 0) is 56.7 Å². The maximum absolute atomic E-state index is 10.7. The molecule has 118 valence electrons. The molecule has 0 saturated heterocycles. The largest absolute Gasteiger partial charge is 0.389 e. The van der Waals surface area contributed by atoms with Crippen LogP contribution < -0.4 is 0 Å². The second-order valence-corrected chi connectivity index (χ2v) is 7.49. The predicted octanol–water partition coefficient (Wildman–Crippen LogP) is 4.78. The third kappa shape index (κ3) is 4.62. The Labute approximate surface area is 137 Å². The van der Waals surface area contributed by atoms with Gasteiger partial charge in [-0.25, -0.2) is 0 Å². The average Bonchev–Trinajstić information content (AvgIpc) is 2.48. The van der Waals surface area contributed by atoms with Crippen molar-refractivity contribution in [1.82, 2.24) is 0 Å². The summed E-state index contributed by atoms with van der Waals surface area (Å²) in [6.07, 6.45) is 3.75. The fraction of sp³-hybridized carbons (Fsp3) is 0.647. The molecule has 0 bridgehead atoms. The molecule has 0 radical (unpaired) electrons. The SMILES string of the molecule is CCOC1(C(O)CSc2cccc(Cl)c2)CCC(C)CC1. The van der Waals surface area contributed by atoms with Gasteiger partial charge in [0, 0.05) is 22.3 Å². The van der Waals surface area contributed by atoms with Crippen LogP contribution in [0.25, 0.3) is 0 Å². The van der Waals surface area contributed by atoms with E-state index in [-0.39, 0.29) is 5.60 Å². The van der Waals surface area contributed by atoms with Crippen LogP contribution in [0.4, 0.5) is 0 Å². The summed E-state index contributed by atoms with van der Waals surface area (Å²) in [5, 5.41) is 11.4. The second-order valence-electron chi connectivity index (χ2n) is 5.96. The first-order valence-corrected chi connectivity index (χ1v) is 9.12. The number of hydrogen-bond acceptors (Lipinski definition) is 3. The van der Waals surface area contributed by atoms with Gasteiger partial charge in [-0.3, -0.25) is 0 Å². The number of hydrogen-bond donors (Lipinski definition) is 1.